The maximum atomic E-state index is 12.9. The summed E-state index contributed by atoms with van der Waals surface area (Å²) in [5.41, 5.74) is 4.36. The number of aromatic nitrogens is 4. The van der Waals surface area contributed by atoms with Crippen LogP contribution in [-0.2, 0) is 19.6 Å². The topological polar surface area (TPSA) is 56.0 Å². The first-order valence-electron chi connectivity index (χ1n) is 9.05. The molecular weight excluding hydrogens is 442 g/mol. The van der Waals surface area contributed by atoms with Crippen molar-refractivity contribution in [3.63, 3.8) is 0 Å². The lowest BCUT2D eigenvalue weighted by Gasteiger charge is -2.17. The normalized spacial score (nSPS) is 11.1. The first kappa shape index (κ1) is 20.6. The molecule has 2 aromatic heterocycles. The molecule has 0 atom stereocenters. The van der Waals surface area contributed by atoms with Crippen LogP contribution in [0.1, 0.15) is 39.9 Å². The van der Waals surface area contributed by atoms with Gasteiger partial charge < -0.3 is 4.90 Å². The van der Waals surface area contributed by atoms with Crippen molar-refractivity contribution in [1.82, 2.24) is 24.5 Å². The average molecular weight is 465 g/mol. The molecule has 28 heavy (non-hydrogen) atoms. The van der Waals surface area contributed by atoms with Crippen LogP contribution in [0.2, 0.25) is 5.02 Å². The molecule has 0 saturated carbocycles. The molecule has 0 aliphatic rings. The van der Waals surface area contributed by atoms with Gasteiger partial charge in [0.2, 0.25) is 0 Å². The second-order valence-corrected chi connectivity index (χ2v) is 7.98. The standard InChI is InChI=1S/C20H23BrClN5O/c1-5-26-11-17(22)18(24-26)12-25(4)20(28)16-8-6-7-15(9-16)10-27-14(3)19(21)13(2)23-27/h6-9,11H,5,10,12H2,1-4H3. The minimum Gasteiger partial charge on any atom is -0.336 e. The van der Waals surface area contributed by atoms with Crippen LogP contribution < -0.4 is 0 Å². The molecule has 0 aliphatic carbocycles. The number of aryl methyl sites for hydroxylation is 2. The van der Waals surface area contributed by atoms with Gasteiger partial charge in [-0.3, -0.25) is 14.2 Å². The first-order valence-corrected chi connectivity index (χ1v) is 10.2. The Hall–Kier alpha value is -2.12. The fourth-order valence-corrected chi connectivity index (χ4v) is 3.52. The van der Waals surface area contributed by atoms with Crippen LogP contribution in [0, 0.1) is 13.8 Å². The molecule has 0 N–H and O–H groups in total. The van der Waals surface area contributed by atoms with E-state index in [9.17, 15) is 4.79 Å². The molecule has 1 amide bonds. The quantitative estimate of drug-likeness (QED) is 0.541. The Morgan fingerprint density at radius 2 is 2.04 bits per heavy atom. The molecular formula is C20H23BrClN5O. The van der Waals surface area contributed by atoms with Gasteiger partial charge in [-0.2, -0.15) is 10.2 Å². The van der Waals surface area contributed by atoms with Crippen molar-refractivity contribution in [3.8, 4) is 0 Å². The van der Waals surface area contributed by atoms with E-state index in [0.717, 1.165) is 28.0 Å². The summed E-state index contributed by atoms with van der Waals surface area (Å²) >= 11 is 9.78. The Morgan fingerprint density at radius 1 is 1.29 bits per heavy atom. The van der Waals surface area contributed by atoms with Crippen LogP contribution in [0.15, 0.2) is 34.9 Å². The summed E-state index contributed by atoms with van der Waals surface area (Å²) in [6.07, 6.45) is 1.78. The number of hydrogen-bond donors (Lipinski definition) is 0. The lowest BCUT2D eigenvalue weighted by molar-refractivity contribution is 0.0783. The Labute approximate surface area is 178 Å². The van der Waals surface area contributed by atoms with Gasteiger partial charge in [-0.05, 0) is 54.4 Å². The predicted molar refractivity (Wildman–Crippen MR) is 114 cm³/mol. The molecule has 0 bridgehead atoms. The molecule has 148 valence electrons. The van der Waals surface area contributed by atoms with Crippen molar-refractivity contribution in [3.05, 3.63) is 68.2 Å². The summed E-state index contributed by atoms with van der Waals surface area (Å²) in [5, 5.41) is 9.53. The number of nitrogens with zero attached hydrogens (tertiary/aromatic N) is 5. The molecule has 6 nitrogen and oxygen atoms in total. The molecule has 3 rings (SSSR count). The van der Waals surface area contributed by atoms with E-state index in [-0.39, 0.29) is 5.91 Å². The Bertz CT molecular complexity index is 1010. The van der Waals surface area contributed by atoms with Crippen LogP contribution in [0.5, 0.6) is 0 Å². The second-order valence-electron chi connectivity index (χ2n) is 6.78. The molecule has 0 spiro atoms. The van der Waals surface area contributed by atoms with Gasteiger partial charge in [0.1, 0.15) is 5.69 Å². The lowest BCUT2D eigenvalue weighted by atomic mass is 10.1. The zero-order chi connectivity index (χ0) is 20.4. The minimum absolute atomic E-state index is 0.0708. The van der Waals surface area contributed by atoms with Crippen molar-refractivity contribution >= 4 is 33.4 Å². The molecule has 0 fully saturated rings. The Balaban J connectivity index is 1.75. The SMILES string of the molecule is CCn1cc(Cl)c(CN(C)C(=O)c2cccc(Cn3nc(C)c(Br)c3C)c2)n1. The van der Waals surface area contributed by atoms with Crippen LogP contribution in [-0.4, -0.2) is 37.4 Å². The van der Waals surface area contributed by atoms with Gasteiger partial charge in [-0.1, -0.05) is 23.7 Å². The number of hydrogen-bond acceptors (Lipinski definition) is 3. The molecule has 3 aromatic rings. The fourth-order valence-electron chi connectivity index (χ4n) is 3.03. The van der Waals surface area contributed by atoms with E-state index >= 15 is 0 Å². The van der Waals surface area contributed by atoms with E-state index in [4.69, 9.17) is 11.6 Å². The van der Waals surface area contributed by atoms with E-state index < -0.39 is 0 Å². The lowest BCUT2D eigenvalue weighted by Crippen LogP contribution is -2.26. The summed E-state index contributed by atoms with van der Waals surface area (Å²) in [6.45, 7) is 7.69. The average Bonchev–Trinajstić information content (AvgIpc) is 3.15. The summed E-state index contributed by atoms with van der Waals surface area (Å²) in [7, 11) is 1.76. The molecule has 2 heterocycles. The highest BCUT2D eigenvalue weighted by molar-refractivity contribution is 9.10. The maximum Gasteiger partial charge on any atom is 0.253 e. The van der Waals surface area contributed by atoms with Crippen LogP contribution in [0.25, 0.3) is 0 Å². The number of carbonyl (C=O) groups is 1. The Kier molecular flexibility index (Phi) is 6.25. The highest BCUT2D eigenvalue weighted by Crippen LogP contribution is 2.21. The van der Waals surface area contributed by atoms with Crippen molar-refractivity contribution in [1.29, 1.82) is 0 Å². The van der Waals surface area contributed by atoms with E-state index in [1.165, 1.54) is 0 Å². The molecule has 0 radical (unpaired) electrons. The smallest absolute Gasteiger partial charge is 0.253 e. The van der Waals surface area contributed by atoms with Gasteiger partial charge in [0.15, 0.2) is 0 Å². The van der Waals surface area contributed by atoms with E-state index in [2.05, 4.69) is 26.1 Å². The minimum atomic E-state index is -0.0708. The van der Waals surface area contributed by atoms with Gasteiger partial charge in [0.05, 0.1) is 34.0 Å². The van der Waals surface area contributed by atoms with Crippen molar-refractivity contribution in [2.75, 3.05) is 7.05 Å². The van der Waals surface area contributed by atoms with Gasteiger partial charge in [-0.25, -0.2) is 0 Å². The number of amides is 1. The van der Waals surface area contributed by atoms with Gasteiger partial charge >= 0.3 is 0 Å². The second kappa shape index (κ2) is 8.49. The van der Waals surface area contributed by atoms with E-state index in [1.54, 1.807) is 22.8 Å². The highest BCUT2D eigenvalue weighted by atomic mass is 79.9. The third-order valence-electron chi connectivity index (χ3n) is 4.64. The predicted octanol–water partition coefficient (Wildman–Crippen LogP) is 4.45. The number of benzene rings is 1. The molecule has 0 aliphatic heterocycles. The van der Waals surface area contributed by atoms with Crippen molar-refractivity contribution in [2.24, 2.45) is 0 Å². The zero-order valence-corrected chi connectivity index (χ0v) is 18.8. The third-order valence-corrected chi connectivity index (χ3v) is 6.11. The maximum absolute atomic E-state index is 12.9. The van der Waals surface area contributed by atoms with Crippen molar-refractivity contribution in [2.45, 2.75) is 40.4 Å². The van der Waals surface area contributed by atoms with E-state index in [1.807, 2.05) is 49.7 Å². The number of rotatable bonds is 6. The molecule has 8 heteroatoms. The Morgan fingerprint density at radius 3 is 2.64 bits per heavy atom. The van der Waals surface area contributed by atoms with Gasteiger partial charge in [-0.15, -0.1) is 0 Å². The summed E-state index contributed by atoms with van der Waals surface area (Å²) < 4.78 is 4.72. The molecule has 0 unspecified atom stereocenters. The van der Waals surface area contributed by atoms with Crippen LogP contribution >= 0.6 is 27.5 Å². The largest absolute Gasteiger partial charge is 0.336 e. The summed E-state index contributed by atoms with van der Waals surface area (Å²) in [4.78, 5) is 14.5. The summed E-state index contributed by atoms with van der Waals surface area (Å²) in [5.74, 6) is -0.0708. The summed E-state index contributed by atoms with van der Waals surface area (Å²) in [6, 6.07) is 7.64. The monoisotopic (exact) mass is 463 g/mol. The van der Waals surface area contributed by atoms with Crippen LogP contribution in [0.4, 0.5) is 0 Å². The van der Waals surface area contributed by atoms with Gasteiger partial charge in [0.25, 0.3) is 5.91 Å². The molecule has 1 aromatic carbocycles. The number of carbonyl (C=O) groups excluding carboxylic acids is 1. The van der Waals surface area contributed by atoms with E-state index in [0.29, 0.717) is 29.4 Å². The molecule has 0 saturated heterocycles. The highest BCUT2D eigenvalue weighted by Gasteiger charge is 2.16. The third kappa shape index (κ3) is 4.31. The number of halogens is 2. The van der Waals surface area contributed by atoms with Gasteiger partial charge in [0, 0.05) is 25.4 Å². The fraction of sp³-hybridized carbons (Fsp3) is 0.350. The van der Waals surface area contributed by atoms with Crippen LogP contribution in [0.3, 0.4) is 0 Å². The van der Waals surface area contributed by atoms with Crippen molar-refractivity contribution < 1.29 is 4.79 Å². The zero-order valence-electron chi connectivity index (χ0n) is 16.4. The first-order chi connectivity index (χ1) is 13.3.